The van der Waals surface area contributed by atoms with Crippen molar-refractivity contribution in [1.29, 1.82) is 0 Å². The van der Waals surface area contributed by atoms with Crippen molar-refractivity contribution < 1.29 is 4.79 Å². The minimum atomic E-state index is -0.179. The normalized spacial score (nSPS) is 10.3. The van der Waals surface area contributed by atoms with Gasteiger partial charge in [0.05, 0.1) is 21.9 Å². The number of nitrogens with one attached hydrogen (secondary N) is 1. The molecule has 0 bridgehead atoms. The smallest absolute Gasteiger partial charge is 0.267 e. The third-order valence-electron chi connectivity index (χ3n) is 2.22. The van der Waals surface area contributed by atoms with Gasteiger partial charge in [0.1, 0.15) is 4.88 Å². The molecule has 5 heteroatoms. The standard InChI is InChI=1S/C12H11ClN2OS/c1-7-3-4-10(9(13)5-7)15-12(16)11-6-14-8(2)17-11/h3-6H,1-2H3,(H,15,16). The highest BCUT2D eigenvalue weighted by Crippen LogP contribution is 2.24. The van der Waals surface area contributed by atoms with E-state index in [1.807, 2.05) is 26.0 Å². The number of aromatic nitrogens is 1. The largest absolute Gasteiger partial charge is 0.320 e. The lowest BCUT2D eigenvalue weighted by atomic mass is 10.2. The Kier molecular flexibility index (Phi) is 3.45. The van der Waals surface area contributed by atoms with Crippen LogP contribution in [0.2, 0.25) is 5.02 Å². The summed E-state index contributed by atoms with van der Waals surface area (Å²) >= 11 is 7.40. The molecule has 1 N–H and O–H groups in total. The molecule has 17 heavy (non-hydrogen) atoms. The van der Waals surface area contributed by atoms with Crippen LogP contribution in [0.15, 0.2) is 24.4 Å². The Bertz CT molecular complexity index is 565. The van der Waals surface area contributed by atoms with Crippen LogP contribution in [-0.4, -0.2) is 10.9 Å². The molecule has 0 aliphatic rings. The molecule has 1 aromatic carbocycles. The van der Waals surface area contributed by atoms with E-state index in [9.17, 15) is 4.79 Å². The molecule has 1 amide bonds. The summed E-state index contributed by atoms with van der Waals surface area (Å²) in [5, 5.41) is 4.17. The summed E-state index contributed by atoms with van der Waals surface area (Å²) in [5.41, 5.74) is 1.68. The molecule has 0 aliphatic carbocycles. The SMILES string of the molecule is Cc1ccc(NC(=O)c2cnc(C)s2)c(Cl)c1. The first-order valence-electron chi connectivity index (χ1n) is 5.06. The van der Waals surface area contributed by atoms with E-state index >= 15 is 0 Å². The highest BCUT2D eigenvalue weighted by Gasteiger charge is 2.10. The van der Waals surface area contributed by atoms with Gasteiger partial charge in [-0.15, -0.1) is 11.3 Å². The minimum absolute atomic E-state index is 0.179. The lowest BCUT2D eigenvalue weighted by Crippen LogP contribution is -2.10. The fourth-order valence-electron chi connectivity index (χ4n) is 1.37. The monoisotopic (exact) mass is 266 g/mol. The van der Waals surface area contributed by atoms with Gasteiger partial charge < -0.3 is 5.32 Å². The third kappa shape index (κ3) is 2.84. The zero-order valence-corrected chi connectivity index (χ0v) is 11.0. The molecule has 2 aromatic rings. The van der Waals surface area contributed by atoms with E-state index in [-0.39, 0.29) is 5.91 Å². The molecule has 0 unspecified atom stereocenters. The first kappa shape index (κ1) is 12.1. The van der Waals surface area contributed by atoms with Crippen LogP contribution >= 0.6 is 22.9 Å². The first-order chi connectivity index (χ1) is 8.06. The molecule has 0 fully saturated rings. The maximum absolute atomic E-state index is 11.9. The summed E-state index contributed by atoms with van der Waals surface area (Å²) in [7, 11) is 0. The number of benzene rings is 1. The Hall–Kier alpha value is -1.39. The Morgan fingerprint density at radius 2 is 2.18 bits per heavy atom. The third-order valence-corrected chi connectivity index (χ3v) is 3.44. The second kappa shape index (κ2) is 4.85. The van der Waals surface area contributed by atoms with Gasteiger partial charge in [-0.2, -0.15) is 0 Å². The summed E-state index contributed by atoms with van der Waals surface area (Å²) in [6.07, 6.45) is 1.57. The molecule has 0 atom stereocenters. The Morgan fingerprint density at radius 3 is 2.76 bits per heavy atom. The summed E-state index contributed by atoms with van der Waals surface area (Å²) in [4.78, 5) is 16.5. The van der Waals surface area contributed by atoms with Crippen molar-refractivity contribution in [3.63, 3.8) is 0 Å². The van der Waals surface area contributed by atoms with Crippen molar-refractivity contribution in [2.24, 2.45) is 0 Å². The van der Waals surface area contributed by atoms with E-state index in [2.05, 4.69) is 10.3 Å². The van der Waals surface area contributed by atoms with Crippen LogP contribution < -0.4 is 5.32 Å². The fourth-order valence-corrected chi connectivity index (χ4v) is 2.33. The predicted molar refractivity (Wildman–Crippen MR) is 71.0 cm³/mol. The number of carbonyl (C=O) groups is 1. The summed E-state index contributed by atoms with van der Waals surface area (Å²) in [5.74, 6) is -0.179. The lowest BCUT2D eigenvalue weighted by molar-refractivity contribution is 0.103. The molecular formula is C12H11ClN2OS. The molecule has 0 radical (unpaired) electrons. The molecule has 88 valence electrons. The van der Waals surface area contributed by atoms with Crippen LogP contribution in [0.25, 0.3) is 0 Å². The molecule has 0 saturated heterocycles. The number of thiazole rings is 1. The minimum Gasteiger partial charge on any atom is -0.320 e. The molecule has 2 rings (SSSR count). The van der Waals surface area contributed by atoms with Crippen molar-refractivity contribution in [2.75, 3.05) is 5.32 Å². The van der Waals surface area contributed by atoms with Crippen molar-refractivity contribution in [3.8, 4) is 0 Å². The van der Waals surface area contributed by atoms with Crippen molar-refractivity contribution in [1.82, 2.24) is 4.98 Å². The number of carbonyl (C=O) groups excluding carboxylic acids is 1. The van der Waals surface area contributed by atoms with Gasteiger partial charge >= 0.3 is 0 Å². The number of hydrogen-bond acceptors (Lipinski definition) is 3. The van der Waals surface area contributed by atoms with E-state index in [1.54, 1.807) is 12.3 Å². The van der Waals surface area contributed by atoms with E-state index in [1.165, 1.54) is 11.3 Å². The number of amides is 1. The summed E-state index contributed by atoms with van der Waals surface area (Å²) in [6, 6.07) is 5.51. The molecule has 0 saturated carbocycles. The van der Waals surface area contributed by atoms with Crippen LogP contribution in [0.4, 0.5) is 5.69 Å². The predicted octanol–water partition coefficient (Wildman–Crippen LogP) is 3.67. The lowest BCUT2D eigenvalue weighted by Gasteiger charge is -2.06. The van der Waals surface area contributed by atoms with Crippen molar-refractivity contribution >= 4 is 34.5 Å². The van der Waals surface area contributed by atoms with Crippen molar-refractivity contribution in [2.45, 2.75) is 13.8 Å². The Labute approximate surface area is 108 Å². The second-order valence-corrected chi connectivity index (χ2v) is 5.32. The topological polar surface area (TPSA) is 42.0 Å². The molecule has 0 spiro atoms. The van der Waals surface area contributed by atoms with Gasteiger partial charge in [-0.05, 0) is 31.5 Å². The Balaban J connectivity index is 2.18. The molecular weight excluding hydrogens is 256 g/mol. The zero-order valence-electron chi connectivity index (χ0n) is 9.45. The maximum atomic E-state index is 11.9. The Morgan fingerprint density at radius 1 is 1.41 bits per heavy atom. The van der Waals surface area contributed by atoms with Crippen LogP contribution in [0.1, 0.15) is 20.2 Å². The van der Waals surface area contributed by atoms with Gasteiger partial charge in [-0.25, -0.2) is 4.98 Å². The second-order valence-electron chi connectivity index (χ2n) is 3.68. The number of halogens is 1. The van der Waals surface area contributed by atoms with E-state index in [0.29, 0.717) is 15.6 Å². The van der Waals surface area contributed by atoms with Crippen LogP contribution in [-0.2, 0) is 0 Å². The number of hydrogen-bond donors (Lipinski definition) is 1. The molecule has 1 aromatic heterocycles. The molecule has 1 heterocycles. The number of anilines is 1. The van der Waals surface area contributed by atoms with E-state index in [4.69, 9.17) is 11.6 Å². The van der Waals surface area contributed by atoms with E-state index < -0.39 is 0 Å². The highest BCUT2D eigenvalue weighted by molar-refractivity contribution is 7.13. The number of rotatable bonds is 2. The van der Waals surface area contributed by atoms with Crippen LogP contribution in [0.3, 0.4) is 0 Å². The van der Waals surface area contributed by atoms with Crippen molar-refractivity contribution in [3.05, 3.63) is 44.9 Å². The number of nitrogens with zero attached hydrogens (tertiary/aromatic N) is 1. The van der Waals surface area contributed by atoms with Crippen LogP contribution in [0.5, 0.6) is 0 Å². The zero-order chi connectivity index (χ0) is 12.4. The summed E-state index contributed by atoms with van der Waals surface area (Å²) in [6.45, 7) is 3.81. The molecule has 0 aliphatic heterocycles. The quantitative estimate of drug-likeness (QED) is 0.901. The van der Waals surface area contributed by atoms with Gasteiger partial charge in [-0.3, -0.25) is 4.79 Å². The maximum Gasteiger partial charge on any atom is 0.267 e. The van der Waals surface area contributed by atoms with Crippen LogP contribution in [0, 0.1) is 13.8 Å². The fraction of sp³-hybridized carbons (Fsp3) is 0.167. The highest BCUT2D eigenvalue weighted by atomic mass is 35.5. The molecule has 3 nitrogen and oxygen atoms in total. The van der Waals surface area contributed by atoms with Gasteiger partial charge in [0.2, 0.25) is 0 Å². The van der Waals surface area contributed by atoms with E-state index in [0.717, 1.165) is 10.6 Å². The van der Waals surface area contributed by atoms with Gasteiger partial charge in [0, 0.05) is 0 Å². The first-order valence-corrected chi connectivity index (χ1v) is 6.25. The van der Waals surface area contributed by atoms with Gasteiger partial charge in [0.15, 0.2) is 0 Å². The van der Waals surface area contributed by atoms with Gasteiger partial charge in [0.25, 0.3) is 5.91 Å². The van der Waals surface area contributed by atoms with Gasteiger partial charge in [-0.1, -0.05) is 17.7 Å². The average Bonchev–Trinajstić information content (AvgIpc) is 2.69. The average molecular weight is 267 g/mol. The number of aryl methyl sites for hydroxylation is 2. The summed E-state index contributed by atoms with van der Waals surface area (Å²) < 4.78 is 0.